The first-order chi connectivity index (χ1) is 9.47. The predicted octanol–water partition coefficient (Wildman–Crippen LogP) is 3.00. The van der Waals surface area contributed by atoms with E-state index >= 15 is 0 Å². The van der Waals surface area contributed by atoms with E-state index in [0.717, 1.165) is 38.1 Å². The fourth-order valence-corrected chi connectivity index (χ4v) is 2.92. The van der Waals surface area contributed by atoms with Gasteiger partial charge in [0.2, 0.25) is 0 Å². The highest BCUT2D eigenvalue weighted by atomic mass is 16.5. The number of rotatable bonds is 11. The monoisotopic (exact) mass is 284 g/mol. The van der Waals surface area contributed by atoms with Gasteiger partial charge < -0.3 is 10.1 Å². The summed E-state index contributed by atoms with van der Waals surface area (Å²) in [5.74, 6) is 2.32. The van der Waals surface area contributed by atoms with Crippen molar-refractivity contribution in [3.8, 4) is 0 Å². The van der Waals surface area contributed by atoms with Gasteiger partial charge in [0.25, 0.3) is 0 Å². The fourth-order valence-electron chi connectivity index (χ4n) is 2.92. The van der Waals surface area contributed by atoms with Crippen LogP contribution in [0.5, 0.6) is 0 Å². The van der Waals surface area contributed by atoms with Crippen LogP contribution in [0.3, 0.4) is 0 Å². The summed E-state index contributed by atoms with van der Waals surface area (Å²) in [6.07, 6.45) is 2.83. The second-order valence-corrected chi connectivity index (χ2v) is 7.08. The van der Waals surface area contributed by atoms with Gasteiger partial charge >= 0.3 is 0 Å². The molecule has 0 heterocycles. The second-order valence-electron chi connectivity index (χ2n) is 7.08. The Hall–Kier alpha value is -0.120. The Kier molecular flexibility index (Phi) is 8.08. The zero-order valence-electron chi connectivity index (χ0n) is 14.5. The van der Waals surface area contributed by atoms with Crippen molar-refractivity contribution in [3.05, 3.63) is 0 Å². The van der Waals surface area contributed by atoms with Gasteiger partial charge in [-0.05, 0) is 57.5 Å². The van der Waals surface area contributed by atoms with Crippen molar-refractivity contribution in [2.45, 2.75) is 59.5 Å². The number of nitrogens with zero attached hydrogens (tertiary/aromatic N) is 1. The molecule has 3 unspecified atom stereocenters. The molecule has 3 heteroatoms. The molecule has 0 aromatic carbocycles. The highest BCUT2D eigenvalue weighted by Crippen LogP contribution is 2.36. The van der Waals surface area contributed by atoms with Crippen molar-refractivity contribution in [1.82, 2.24) is 10.2 Å². The molecule has 3 nitrogen and oxygen atoms in total. The molecule has 0 spiro atoms. The minimum atomic E-state index is 0.611. The summed E-state index contributed by atoms with van der Waals surface area (Å²) < 4.78 is 5.31. The molecule has 1 saturated carbocycles. The Morgan fingerprint density at radius 1 is 1.10 bits per heavy atom. The van der Waals surface area contributed by atoms with Crippen LogP contribution in [0.25, 0.3) is 0 Å². The lowest BCUT2D eigenvalue weighted by atomic mass is 9.99. The Morgan fingerprint density at radius 3 is 2.25 bits per heavy atom. The molecule has 1 fully saturated rings. The maximum atomic E-state index is 5.31. The van der Waals surface area contributed by atoms with Gasteiger partial charge in [-0.3, -0.25) is 4.90 Å². The number of hydrogen-bond acceptors (Lipinski definition) is 3. The number of hydrogen-bond donors (Lipinski definition) is 1. The van der Waals surface area contributed by atoms with E-state index < -0.39 is 0 Å². The molecule has 0 radical (unpaired) electrons. The van der Waals surface area contributed by atoms with Crippen LogP contribution in [0, 0.1) is 17.8 Å². The Morgan fingerprint density at radius 2 is 1.75 bits per heavy atom. The van der Waals surface area contributed by atoms with Gasteiger partial charge in [-0.15, -0.1) is 0 Å². The second kappa shape index (κ2) is 9.01. The lowest BCUT2D eigenvalue weighted by Crippen LogP contribution is -2.48. The van der Waals surface area contributed by atoms with Crippen molar-refractivity contribution in [2.24, 2.45) is 17.8 Å². The van der Waals surface area contributed by atoms with Crippen molar-refractivity contribution in [3.63, 3.8) is 0 Å². The minimum Gasteiger partial charge on any atom is -0.383 e. The average Bonchev–Trinajstić information content (AvgIpc) is 3.22. The molecule has 0 aromatic heterocycles. The molecule has 120 valence electrons. The predicted molar refractivity (Wildman–Crippen MR) is 87.1 cm³/mol. The first kappa shape index (κ1) is 17.9. The summed E-state index contributed by atoms with van der Waals surface area (Å²) in [5.41, 5.74) is 0. The maximum absolute atomic E-state index is 5.31. The summed E-state index contributed by atoms with van der Waals surface area (Å²) in [7, 11) is 1.80. The molecular formula is C17H36N2O. The Labute approximate surface area is 126 Å². The molecule has 1 rings (SSSR count). The first-order valence-corrected chi connectivity index (χ1v) is 8.42. The third-order valence-corrected chi connectivity index (χ3v) is 4.75. The van der Waals surface area contributed by atoms with Crippen molar-refractivity contribution in [1.29, 1.82) is 0 Å². The summed E-state index contributed by atoms with van der Waals surface area (Å²) in [6, 6.07) is 1.31. The van der Waals surface area contributed by atoms with Gasteiger partial charge in [-0.1, -0.05) is 20.8 Å². The quantitative estimate of drug-likeness (QED) is 0.631. The lowest BCUT2D eigenvalue weighted by Gasteiger charge is -2.38. The maximum Gasteiger partial charge on any atom is 0.0589 e. The van der Waals surface area contributed by atoms with E-state index in [9.17, 15) is 0 Å². The van der Waals surface area contributed by atoms with Crippen molar-refractivity contribution >= 4 is 0 Å². The van der Waals surface area contributed by atoms with Gasteiger partial charge in [0.1, 0.15) is 0 Å². The number of methoxy groups -OCH3 is 1. The molecule has 1 aliphatic rings. The van der Waals surface area contributed by atoms with E-state index in [0.29, 0.717) is 18.0 Å². The molecule has 0 bridgehead atoms. The van der Waals surface area contributed by atoms with E-state index in [2.05, 4.69) is 44.8 Å². The van der Waals surface area contributed by atoms with Crippen LogP contribution in [0.1, 0.15) is 47.5 Å². The third kappa shape index (κ3) is 6.11. The van der Waals surface area contributed by atoms with Crippen LogP contribution in [0.4, 0.5) is 0 Å². The molecule has 0 aliphatic heterocycles. The number of nitrogens with one attached hydrogen (secondary N) is 1. The van der Waals surface area contributed by atoms with Crippen LogP contribution in [-0.4, -0.2) is 50.3 Å². The first-order valence-electron chi connectivity index (χ1n) is 8.42. The molecule has 3 atom stereocenters. The van der Waals surface area contributed by atoms with Gasteiger partial charge in [-0.25, -0.2) is 0 Å². The van der Waals surface area contributed by atoms with Crippen molar-refractivity contribution < 1.29 is 4.74 Å². The minimum absolute atomic E-state index is 0.611. The standard InChI is InChI=1S/C17H36N2O/c1-13(2)11-18-12-14(3)15(4)19(9-10-20-6)16(5)17-7-8-17/h13-18H,7-12H2,1-6H3. The summed E-state index contributed by atoms with van der Waals surface area (Å²) in [5, 5.41) is 3.60. The largest absolute Gasteiger partial charge is 0.383 e. The summed E-state index contributed by atoms with van der Waals surface area (Å²) in [4.78, 5) is 2.67. The smallest absolute Gasteiger partial charge is 0.0589 e. The normalized spacial score (nSPS) is 20.4. The molecule has 1 aliphatic carbocycles. The average molecular weight is 284 g/mol. The van der Waals surface area contributed by atoms with Crippen molar-refractivity contribution in [2.75, 3.05) is 33.4 Å². The fraction of sp³-hybridized carbons (Fsp3) is 1.00. The van der Waals surface area contributed by atoms with Gasteiger partial charge in [0.05, 0.1) is 6.61 Å². The van der Waals surface area contributed by atoms with Gasteiger partial charge in [-0.2, -0.15) is 0 Å². The molecule has 1 N–H and O–H groups in total. The van der Waals surface area contributed by atoms with Crippen LogP contribution in [-0.2, 0) is 4.74 Å². The molecular weight excluding hydrogens is 248 g/mol. The Bertz CT molecular complexity index is 253. The van der Waals surface area contributed by atoms with Crippen LogP contribution in [0.2, 0.25) is 0 Å². The Balaban J connectivity index is 2.45. The van der Waals surface area contributed by atoms with Gasteiger partial charge in [0, 0.05) is 25.7 Å². The van der Waals surface area contributed by atoms with E-state index in [4.69, 9.17) is 4.74 Å². The summed E-state index contributed by atoms with van der Waals surface area (Å²) in [6.45, 7) is 15.8. The highest BCUT2D eigenvalue weighted by Gasteiger charge is 2.34. The molecule has 0 amide bonds. The van der Waals surface area contributed by atoms with E-state index in [-0.39, 0.29) is 0 Å². The zero-order valence-corrected chi connectivity index (χ0v) is 14.5. The van der Waals surface area contributed by atoms with Crippen LogP contribution < -0.4 is 5.32 Å². The van der Waals surface area contributed by atoms with Crippen LogP contribution >= 0.6 is 0 Å². The number of ether oxygens (including phenoxy) is 1. The molecule has 0 aromatic rings. The van der Waals surface area contributed by atoms with Gasteiger partial charge in [0.15, 0.2) is 0 Å². The lowest BCUT2D eigenvalue weighted by molar-refractivity contribution is 0.0659. The third-order valence-electron chi connectivity index (χ3n) is 4.75. The van der Waals surface area contributed by atoms with Crippen LogP contribution in [0.15, 0.2) is 0 Å². The molecule has 0 saturated heterocycles. The highest BCUT2D eigenvalue weighted by molar-refractivity contribution is 4.88. The molecule has 20 heavy (non-hydrogen) atoms. The SMILES string of the molecule is COCCN(C(C)C(C)CNCC(C)C)C(C)C1CC1. The van der Waals surface area contributed by atoms with E-state index in [1.165, 1.54) is 12.8 Å². The zero-order chi connectivity index (χ0) is 15.1. The van der Waals surface area contributed by atoms with E-state index in [1.54, 1.807) is 7.11 Å². The summed E-state index contributed by atoms with van der Waals surface area (Å²) >= 11 is 0. The van der Waals surface area contributed by atoms with E-state index in [1.807, 2.05) is 0 Å². The topological polar surface area (TPSA) is 24.5 Å².